The Hall–Kier alpha value is -4.26. The number of methoxy groups -OCH3 is 3. The molecule has 7 heteroatoms. The van der Waals surface area contributed by atoms with Crippen LogP contribution in [0.3, 0.4) is 0 Å². The summed E-state index contributed by atoms with van der Waals surface area (Å²) in [6.07, 6.45) is 1.70. The van der Waals surface area contributed by atoms with E-state index in [0.29, 0.717) is 39.9 Å². The summed E-state index contributed by atoms with van der Waals surface area (Å²) >= 11 is 0. The molecule has 0 aliphatic carbocycles. The average molecular weight is 446 g/mol. The molecule has 3 aromatic rings. The van der Waals surface area contributed by atoms with Crippen molar-refractivity contribution in [2.24, 2.45) is 0 Å². The second kappa shape index (κ2) is 9.48. The van der Waals surface area contributed by atoms with Gasteiger partial charge in [-0.15, -0.1) is 0 Å². The summed E-state index contributed by atoms with van der Waals surface area (Å²) in [5.41, 5.74) is 1.82. The van der Waals surface area contributed by atoms with E-state index in [4.69, 9.17) is 23.7 Å². The van der Waals surface area contributed by atoms with E-state index in [2.05, 4.69) is 0 Å². The number of fused-ring (bicyclic) bond motifs is 1. The Bertz CT molecular complexity index is 1230. The van der Waals surface area contributed by atoms with Crippen LogP contribution in [-0.2, 0) is 11.2 Å². The van der Waals surface area contributed by atoms with Crippen LogP contribution >= 0.6 is 0 Å². The third-order valence-corrected chi connectivity index (χ3v) is 5.10. The second-order valence-electron chi connectivity index (χ2n) is 7.20. The van der Waals surface area contributed by atoms with Crippen molar-refractivity contribution < 1.29 is 33.3 Å². The summed E-state index contributed by atoms with van der Waals surface area (Å²) < 4.78 is 26.9. The first-order valence-corrected chi connectivity index (χ1v) is 10.1. The Kier molecular flexibility index (Phi) is 6.31. The summed E-state index contributed by atoms with van der Waals surface area (Å²) in [6, 6.07) is 17.1. The molecule has 7 nitrogen and oxygen atoms in total. The predicted molar refractivity (Wildman–Crippen MR) is 121 cm³/mol. The van der Waals surface area contributed by atoms with Gasteiger partial charge in [0.05, 0.1) is 33.3 Å². The number of rotatable bonds is 7. The number of hydrogen-bond donors (Lipinski definition) is 0. The summed E-state index contributed by atoms with van der Waals surface area (Å²) in [7, 11) is 4.68. The Morgan fingerprint density at radius 1 is 0.848 bits per heavy atom. The second-order valence-corrected chi connectivity index (χ2v) is 7.20. The molecule has 0 N–H and O–H groups in total. The van der Waals surface area contributed by atoms with Crippen LogP contribution in [0.4, 0.5) is 0 Å². The molecule has 0 aromatic heterocycles. The number of carbonyl (C=O) groups excluding carboxylic acids is 2. The molecule has 168 valence electrons. The van der Waals surface area contributed by atoms with E-state index in [1.54, 1.807) is 82.0 Å². The van der Waals surface area contributed by atoms with E-state index in [1.165, 1.54) is 6.07 Å². The highest BCUT2D eigenvalue weighted by Gasteiger charge is 2.28. The third kappa shape index (κ3) is 4.82. The van der Waals surface area contributed by atoms with Crippen LogP contribution in [-0.4, -0.2) is 33.1 Å². The zero-order valence-electron chi connectivity index (χ0n) is 18.4. The van der Waals surface area contributed by atoms with Gasteiger partial charge < -0.3 is 23.7 Å². The zero-order chi connectivity index (χ0) is 23.4. The quantitative estimate of drug-likeness (QED) is 0.301. The lowest BCUT2D eigenvalue weighted by molar-refractivity contribution is -0.133. The lowest BCUT2D eigenvalue weighted by atomic mass is 10.1. The number of ether oxygens (including phenoxy) is 5. The fraction of sp³-hybridized carbons (Fsp3) is 0.154. The normalized spacial score (nSPS) is 13.3. The molecule has 0 fully saturated rings. The molecule has 0 saturated heterocycles. The fourth-order valence-electron chi connectivity index (χ4n) is 3.40. The van der Waals surface area contributed by atoms with Gasteiger partial charge in [-0.05, 0) is 54.1 Å². The van der Waals surface area contributed by atoms with E-state index in [-0.39, 0.29) is 18.0 Å². The first-order chi connectivity index (χ1) is 16.0. The summed E-state index contributed by atoms with van der Waals surface area (Å²) in [6.45, 7) is 0. The molecule has 1 aliphatic rings. The van der Waals surface area contributed by atoms with E-state index < -0.39 is 5.97 Å². The lowest BCUT2D eigenvalue weighted by Crippen LogP contribution is -2.11. The molecule has 33 heavy (non-hydrogen) atoms. The van der Waals surface area contributed by atoms with Crippen molar-refractivity contribution in [1.29, 1.82) is 0 Å². The van der Waals surface area contributed by atoms with E-state index in [9.17, 15) is 9.59 Å². The van der Waals surface area contributed by atoms with Crippen molar-refractivity contribution in [3.8, 4) is 28.7 Å². The maximum atomic E-state index is 12.8. The van der Waals surface area contributed by atoms with Gasteiger partial charge in [-0.3, -0.25) is 9.59 Å². The molecular formula is C26H22O7. The highest BCUT2D eigenvalue weighted by molar-refractivity contribution is 6.14. The van der Waals surface area contributed by atoms with Crippen LogP contribution in [0.1, 0.15) is 21.5 Å². The molecule has 0 radical (unpaired) electrons. The standard InChI is InChI=1S/C26H22O7/c1-29-18-6-4-16(5-7-18)12-25(27)32-20-8-10-21-23(15-20)33-24(26(21)28)14-17-13-19(30-2)9-11-22(17)31-3/h4-11,13-15H,12H2,1-3H3/b24-14-. The van der Waals surface area contributed by atoms with Gasteiger partial charge in [-0.1, -0.05) is 12.1 Å². The lowest BCUT2D eigenvalue weighted by Gasteiger charge is -2.08. The van der Waals surface area contributed by atoms with Crippen LogP contribution < -0.4 is 23.7 Å². The zero-order valence-corrected chi connectivity index (χ0v) is 18.4. The molecule has 1 heterocycles. The van der Waals surface area contributed by atoms with Crippen LogP contribution in [0.15, 0.2) is 66.4 Å². The molecule has 0 spiro atoms. The largest absolute Gasteiger partial charge is 0.497 e. The van der Waals surface area contributed by atoms with Gasteiger partial charge in [0.15, 0.2) is 5.76 Å². The topological polar surface area (TPSA) is 80.3 Å². The number of allylic oxidation sites excluding steroid dienone is 1. The van der Waals surface area contributed by atoms with Crippen molar-refractivity contribution in [1.82, 2.24) is 0 Å². The third-order valence-electron chi connectivity index (χ3n) is 5.10. The van der Waals surface area contributed by atoms with Crippen LogP contribution in [0.2, 0.25) is 0 Å². The Labute approximate surface area is 191 Å². The summed E-state index contributed by atoms with van der Waals surface area (Å²) in [5.74, 6) is 1.96. The van der Waals surface area contributed by atoms with Crippen molar-refractivity contribution >= 4 is 17.8 Å². The molecule has 0 amide bonds. The molecule has 3 aromatic carbocycles. The molecular weight excluding hydrogens is 424 g/mol. The molecule has 4 rings (SSSR count). The maximum Gasteiger partial charge on any atom is 0.315 e. The minimum absolute atomic E-state index is 0.0989. The van der Waals surface area contributed by atoms with Gasteiger partial charge in [-0.25, -0.2) is 0 Å². The van der Waals surface area contributed by atoms with Crippen molar-refractivity contribution in [2.45, 2.75) is 6.42 Å². The highest BCUT2D eigenvalue weighted by Crippen LogP contribution is 2.36. The minimum atomic E-state index is -0.429. The predicted octanol–water partition coefficient (Wildman–Crippen LogP) is 4.48. The van der Waals surface area contributed by atoms with E-state index in [1.807, 2.05) is 0 Å². The first-order valence-electron chi connectivity index (χ1n) is 10.1. The summed E-state index contributed by atoms with van der Waals surface area (Å²) in [5, 5.41) is 0. The van der Waals surface area contributed by atoms with Crippen molar-refractivity contribution in [3.05, 3.63) is 83.1 Å². The number of benzene rings is 3. The number of esters is 1. The number of carbonyl (C=O) groups is 2. The molecule has 0 unspecified atom stereocenters. The Balaban J connectivity index is 1.49. The molecule has 1 aliphatic heterocycles. The van der Waals surface area contributed by atoms with Gasteiger partial charge in [0.25, 0.3) is 0 Å². The maximum absolute atomic E-state index is 12.8. The molecule has 0 saturated carbocycles. The molecule has 0 atom stereocenters. The van der Waals surface area contributed by atoms with Gasteiger partial charge >= 0.3 is 5.97 Å². The van der Waals surface area contributed by atoms with Gasteiger partial charge in [0.2, 0.25) is 5.78 Å². The number of Topliss-reactive ketones (excluding diaryl/α,β-unsaturated/α-hetero) is 1. The minimum Gasteiger partial charge on any atom is -0.497 e. The van der Waals surface area contributed by atoms with Crippen LogP contribution in [0.5, 0.6) is 28.7 Å². The van der Waals surface area contributed by atoms with Crippen molar-refractivity contribution in [2.75, 3.05) is 21.3 Å². The van der Waals surface area contributed by atoms with Crippen molar-refractivity contribution in [3.63, 3.8) is 0 Å². The van der Waals surface area contributed by atoms with Crippen LogP contribution in [0.25, 0.3) is 6.08 Å². The van der Waals surface area contributed by atoms with Gasteiger partial charge in [0, 0.05) is 11.6 Å². The average Bonchev–Trinajstić information content (AvgIpc) is 3.13. The van der Waals surface area contributed by atoms with E-state index >= 15 is 0 Å². The highest BCUT2D eigenvalue weighted by atomic mass is 16.5. The monoisotopic (exact) mass is 446 g/mol. The van der Waals surface area contributed by atoms with E-state index in [0.717, 1.165) is 5.56 Å². The number of ketones is 1. The SMILES string of the molecule is COc1ccc(CC(=O)Oc2ccc3c(c2)O/C(=C\c2cc(OC)ccc2OC)C3=O)cc1. The molecule has 0 bridgehead atoms. The Morgan fingerprint density at radius 2 is 1.55 bits per heavy atom. The Morgan fingerprint density at radius 3 is 2.24 bits per heavy atom. The van der Waals surface area contributed by atoms with Gasteiger partial charge in [-0.2, -0.15) is 0 Å². The van der Waals surface area contributed by atoms with Crippen LogP contribution in [0, 0.1) is 0 Å². The smallest absolute Gasteiger partial charge is 0.315 e. The first kappa shape index (κ1) is 22.0. The van der Waals surface area contributed by atoms with Gasteiger partial charge in [0.1, 0.15) is 28.7 Å². The summed E-state index contributed by atoms with van der Waals surface area (Å²) in [4.78, 5) is 25.1. The fourth-order valence-corrected chi connectivity index (χ4v) is 3.40. The number of hydrogen-bond acceptors (Lipinski definition) is 7.